The van der Waals surface area contributed by atoms with Crippen LogP contribution in [0.15, 0.2) is 17.8 Å². The number of primary amides is 1. The van der Waals surface area contributed by atoms with Gasteiger partial charge in [-0.1, -0.05) is 11.2 Å². The molecule has 0 saturated carbocycles. The summed E-state index contributed by atoms with van der Waals surface area (Å²) in [6.07, 6.45) is 1.61. The van der Waals surface area contributed by atoms with Crippen molar-refractivity contribution in [3.05, 3.63) is 12.7 Å². The molecule has 0 aliphatic carbocycles. The predicted molar refractivity (Wildman–Crippen MR) is 76.9 cm³/mol. The smallest absolute Gasteiger partial charge is 0.345 e. The molecule has 2 atom stereocenters. The van der Waals surface area contributed by atoms with Crippen LogP contribution < -0.4 is 5.73 Å². The number of piperidine rings is 1. The van der Waals surface area contributed by atoms with Crippen molar-refractivity contribution in [1.29, 1.82) is 0 Å². The molecule has 0 aromatic heterocycles. The van der Waals surface area contributed by atoms with Gasteiger partial charge in [0.25, 0.3) is 5.91 Å². The number of methoxy groups -OCH3 is 1. The molecule has 23 heavy (non-hydrogen) atoms. The van der Waals surface area contributed by atoms with Crippen molar-refractivity contribution in [1.82, 2.24) is 9.96 Å². The van der Waals surface area contributed by atoms with Gasteiger partial charge < -0.3 is 20.2 Å². The highest BCUT2D eigenvalue weighted by molar-refractivity contribution is 6.01. The summed E-state index contributed by atoms with van der Waals surface area (Å²) in [6.45, 7) is 3.44. The van der Waals surface area contributed by atoms with E-state index in [0.29, 0.717) is 5.71 Å². The molecule has 2 aliphatic heterocycles. The minimum Gasteiger partial charge on any atom is -0.467 e. The Bertz CT molecular complexity index is 549. The third kappa shape index (κ3) is 3.42. The zero-order valence-electron chi connectivity index (χ0n) is 12.6. The van der Waals surface area contributed by atoms with E-state index >= 15 is 0 Å². The molecule has 10 heteroatoms. The van der Waals surface area contributed by atoms with E-state index in [1.165, 1.54) is 18.1 Å². The van der Waals surface area contributed by atoms with Gasteiger partial charge in [-0.25, -0.2) is 9.59 Å². The number of esters is 1. The first-order valence-electron chi connectivity index (χ1n) is 6.88. The normalized spacial score (nSPS) is 24.7. The van der Waals surface area contributed by atoms with E-state index in [4.69, 9.17) is 20.1 Å². The second kappa shape index (κ2) is 7.09. The lowest BCUT2D eigenvalue weighted by molar-refractivity contribution is -0.145. The van der Waals surface area contributed by atoms with Crippen molar-refractivity contribution < 1.29 is 28.8 Å². The van der Waals surface area contributed by atoms with Gasteiger partial charge in [0.15, 0.2) is 6.61 Å². The summed E-state index contributed by atoms with van der Waals surface area (Å²) >= 11 is 0. The van der Waals surface area contributed by atoms with E-state index in [0.717, 1.165) is 5.06 Å². The number of carbonyl (C=O) groups excluding carboxylic acids is 3. The Morgan fingerprint density at radius 2 is 2.26 bits per heavy atom. The van der Waals surface area contributed by atoms with Crippen LogP contribution in [0.25, 0.3) is 0 Å². The minimum absolute atomic E-state index is 0.119. The standard InChI is InChI=1S/C13H18N4O6/c1-3-4-23-17-10-6-16(13(17)20)9(12(19)21-2)5-8(10)15-22-7-11(14)18/h3,9-10H,1,4-7H2,2H3,(H2,14,18)/t9-,10-/m0/s1. The SMILES string of the molecule is C=CCON1C(=O)N2C[C@H]1C(=NOCC(N)=O)C[C@H]2C(=O)OC. The number of amides is 3. The number of hydrogen-bond donors (Lipinski definition) is 1. The molecule has 0 aromatic rings. The maximum Gasteiger partial charge on any atom is 0.345 e. The summed E-state index contributed by atoms with van der Waals surface area (Å²) < 4.78 is 4.72. The molecule has 2 bridgehead atoms. The Morgan fingerprint density at radius 1 is 1.52 bits per heavy atom. The number of oxime groups is 1. The molecule has 3 amide bonds. The van der Waals surface area contributed by atoms with E-state index in [-0.39, 0.29) is 19.6 Å². The molecule has 126 valence electrons. The summed E-state index contributed by atoms with van der Waals surface area (Å²) in [5, 5.41) is 4.97. The second-order valence-corrected chi connectivity index (χ2v) is 4.93. The molecular formula is C13H18N4O6. The summed E-state index contributed by atoms with van der Waals surface area (Å²) in [5.74, 6) is -1.25. The van der Waals surface area contributed by atoms with Gasteiger partial charge in [-0.15, -0.1) is 6.58 Å². The number of hydrogen-bond acceptors (Lipinski definition) is 7. The van der Waals surface area contributed by atoms with Crippen LogP contribution in [-0.2, 0) is 24.0 Å². The molecule has 0 radical (unpaired) electrons. The molecule has 10 nitrogen and oxygen atoms in total. The summed E-state index contributed by atoms with van der Waals surface area (Å²) in [6, 6.07) is -1.81. The fourth-order valence-electron chi connectivity index (χ4n) is 2.45. The number of urea groups is 1. The van der Waals surface area contributed by atoms with Gasteiger partial charge in [-0.05, 0) is 0 Å². The minimum atomic E-state index is -0.822. The lowest BCUT2D eigenvalue weighted by Crippen LogP contribution is -2.49. The van der Waals surface area contributed by atoms with Crippen molar-refractivity contribution in [2.75, 3.05) is 26.9 Å². The Hall–Kier alpha value is -2.62. The van der Waals surface area contributed by atoms with Gasteiger partial charge in [0.2, 0.25) is 0 Å². The fourth-order valence-corrected chi connectivity index (χ4v) is 2.45. The largest absolute Gasteiger partial charge is 0.467 e. The average Bonchev–Trinajstić information content (AvgIpc) is 2.80. The number of nitrogens with two attached hydrogens (primary N) is 1. The zero-order chi connectivity index (χ0) is 17.0. The lowest BCUT2D eigenvalue weighted by atomic mass is 9.99. The van der Waals surface area contributed by atoms with Crippen LogP contribution in [0.5, 0.6) is 0 Å². The molecule has 0 spiro atoms. The lowest BCUT2D eigenvalue weighted by Gasteiger charge is -2.28. The highest BCUT2D eigenvalue weighted by Crippen LogP contribution is 2.29. The van der Waals surface area contributed by atoms with Gasteiger partial charge >= 0.3 is 12.0 Å². The molecule has 2 rings (SSSR count). The van der Waals surface area contributed by atoms with Crippen LogP contribution in [0, 0.1) is 0 Å². The topological polar surface area (TPSA) is 124 Å². The van der Waals surface area contributed by atoms with E-state index in [1.807, 2.05) is 0 Å². The predicted octanol–water partition coefficient (Wildman–Crippen LogP) is -0.987. The molecular weight excluding hydrogens is 308 g/mol. The summed E-state index contributed by atoms with van der Waals surface area (Å²) in [5.41, 5.74) is 5.38. The van der Waals surface area contributed by atoms with E-state index in [2.05, 4.69) is 11.7 Å². The van der Waals surface area contributed by atoms with Crippen LogP contribution in [0.2, 0.25) is 0 Å². The Balaban J connectivity index is 2.23. The van der Waals surface area contributed by atoms with Crippen LogP contribution in [0.1, 0.15) is 6.42 Å². The highest BCUT2D eigenvalue weighted by Gasteiger charge is 2.51. The Morgan fingerprint density at radius 3 is 2.87 bits per heavy atom. The van der Waals surface area contributed by atoms with Crippen LogP contribution in [0.3, 0.4) is 0 Å². The monoisotopic (exact) mass is 326 g/mol. The summed E-state index contributed by atoms with van der Waals surface area (Å²) in [4.78, 5) is 46.5. The van der Waals surface area contributed by atoms with Crippen LogP contribution in [0.4, 0.5) is 4.79 Å². The molecule has 2 N–H and O–H groups in total. The molecule has 0 unspecified atom stereocenters. The Kier molecular flexibility index (Phi) is 5.16. The average molecular weight is 326 g/mol. The van der Waals surface area contributed by atoms with Crippen molar-refractivity contribution in [2.24, 2.45) is 10.9 Å². The fraction of sp³-hybridized carbons (Fsp3) is 0.538. The number of fused-ring (bicyclic) bond motifs is 2. The van der Waals surface area contributed by atoms with Crippen molar-refractivity contribution in [3.63, 3.8) is 0 Å². The highest BCUT2D eigenvalue weighted by atomic mass is 16.7. The van der Waals surface area contributed by atoms with Crippen molar-refractivity contribution >= 4 is 23.6 Å². The number of nitrogens with zero attached hydrogens (tertiary/aromatic N) is 3. The maximum atomic E-state index is 12.4. The first-order chi connectivity index (χ1) is 11.0. The number of carbonyl (C=O) groups is 3. The third-order valence-electron chi connectivity index (χ3n) is 3.44. The quantitative estimate of drug-likeness (QED) is 0.364. The first-order valence-corrected chi connectivity index (χ1v) is 6.88. The van der Waals surface area contributed by atoms with E-state index in [1.54, 1.807) is 0 Å². The van der Waals surface area contributed by atoms with Crippen LogP contribution >= 0.6 is 0 Å². The molecule has 2 heterocycles. The third-order valence-corrected chi connectivity index (χ3v) is 3.44. The number of rotatable bonds is 7. The molecule has 2 saturated heterocycles. The van der Waals surface area contributed by atoms with Gasteiger partial charge in [0, 0.05) is 6.42 Å². The zero-order valence-corrected chi connectivity index (χ0v) is 12.6. The summed E-state index contributed by atoms with van der Waals surface area (Å²) in [7, 11) is 1.24. The molecule has 0 aromatic carbocycles. The number of hydroxylamine groups is 2. The van der Waals surface area contributed by atoms with Crippen molar-refractivity contribution in [3.8, 4) is 0 Å². The number of ether oxygens (including phenoxy) is 1. The van der Waals surface area contributed by atoms with Crippen molar-refractivity contribution in [2.45, 2.75) is 18.5 Å². The van der Waals surface area contributed by atoms with Gasteiger partial charge in [-0.3, -0.25) is 9.63 Å². The maximum absolute atomic E-state index is 12.4. The second-order valence-electron chi connectivity index (χ2n) is 4.93. The first kappa shape index (κ1) is 16.7. The van der Waals surface area contributed by atoms with E-state index < -0.39 is 36.6 Å². The van der Waals surface area contributed by atoms with E-state index in [9.17, 15) is 14.4 Å². The molecule has 2 aliphatic rings. The van der Waals surface area contributed by atoms with Gasteiger partial charge in [0.05, 0.1) is 26.0 Å². The van der Waals surface area contributed by atoms with Gasteiger partial charge in [-0.2, -0.15) is 5.06 Å². The van der Waals surface area contributed by atoms with Crippen LogP contribution in [-0.4, -0.2) is 72.5 Å². The molecule has 2 fully saturated rings. The Labute approximate surface area is 132 Å². The van der Waals surface area contributed by atoms with Gasteiger partial charge in [0.1, 0.15) is 12.1 Å².